The van der Waals surface area contributed by atoms with Gasteiger partial charge in [0.15, 0.2) is 0 Å². The Bertz CT molecular complexity index is 1020. The summed E-state index contributed by atoms with van der Waals surface area (Å²) in [6.45, 7) is 5.73. The highest BCUT2D eigenvalue weighted by atomic mass is 79.9. The number of carbonyl (C=O) groups is 1. The number of amides is 1. The van der Waals surface area contributed by atoms with Crippen LogP contribution in [0, 0.1) is 6.92 Å². The number of hydrogen-bond donors (Lipinski definition) is 1. The molecule has 0 fully saturated rings. The van der Waals surface area contributed by atoms with Crippen molar-refractivity contribution in [3.05, 3.63) is 55.9 Å². The summed E-state index contributed by atoms with van der Waals surface area (Å²) < 4.78 is 2.29. The van der Waals surface area contributed by atoms with Gasteiger partial charge in [-0.05, 0) is 37.5 Å². The Morgan fingerprint density at radius 3 is 2.59 bits per heavy atom. The molecule has 27 heavy (non-hydrogen) atoms. The van der Waals surface area contributed by atoms with Gasteiger partial charge in [-0.3, -0.25) is 19.6 Å². The molecule has 2 heterocycles. The lowest BCUT2D eigenvalue weighted by molar-refractivity contribution is -0.116. The summed E-state index contributed by atoms with van der Waals surface area (Å²) in [5.41, 5.74) is 2.17. The van der Waals surface area contributed by atoms with Gasteiger partial charge in [-0.1, -0.05) is 41.4 Å². The van der Waals surface area contributed by atoms with Gasteiger partial charge in [0, 0.05) is 17.0 Å². The largest absolute Gasteiger partial charge is 0.277 e. The number of fused-ring (bicyclic) bond motifs is 1. The smallest absolute Gasteiger partial charge is 0.277 e. The fraction of sp³-hybridized carbons (Fsp3) is 0.368. The van der Waals surface area contributed by atoms with Gasteiger partial charge in [0.05, 0.1) is 12.2 Å². The van der Waals surface area contributed by atoms with E-state index in [0.29, 0.717) is 30.2 Å². The van der Waals surface area contributed by atoms with Crippen molar-refractivity contribution in [2.24, 2.45) is 0 Å². The van der Waals surface area contributed by atoms with E-state index in [1.54, 1.807) is 0 Å². The Labute approximate surface area is 165 Å². The summed E-state index contributed by atoms with van der Waals surface area (Å²) in [7, 11) is 0. The molecule has 0 aliphatic carbocycles. The van der Waals surface area contributed by atoms with Gasteiger partial charge in [-0.25, -0.2) is 4.98 Å². The van der Waals surface area contributed by atoms with Gasteiger partial charge >= 0.3 is 0 Å². The van der Waals surface area contributed by atoms with Gasteiger partial charge in [0.2, 0.25) is 11.9 Å². The molecule has 1 aromatic carbocycles. The molecule has 1 N–H and O–H groups in total. The Morgan fingerprint density at radius 1 is 1.26 bits per heavy atom. The number of aryl methyl sites for hydroxylation is 1. The third-order valence-corrected chi connectivity index (χ3v) is 4.98. The zero-order valence-corrected chi connectivity index (χ0v) is 17.2. The number of hydrogen-bond acceptors (Lipinski definition) is 4. The second-order valence-corrected chi connectivity index (χ2v) is 7.41. The summed E-state index contributed by atoms with van der Waals surface area (Å²) in [6, 6.07) is 7.70. The molecule has 3 rings (SSSR count). The van der Waals surface area contributed by atoms with Crippen LogP contribution in [0.1, 0.15) is 43.5 Å². The first-order chi connectivity index (χ1) is 12.9. The molecule has 3 aromatic rings. The number of benzene rings is 1. The topological polar surface area (TPSA) is 83.4 Å². The first-order valence-corrected chi connectivity index (χ1v) is 9.70. The van der Waals surface area contributed by atoms with Gasteiger partial charge < -0.3 is 0 Å². The second-order valence-electron chi connectivity index (χ2n) is 6.50. The van der Waals surface area contributed by atoms with Crippen LogP contribution in [-0.2, 0) is 17.8 Å². The van der Waals surface area contributed by atoms with E-state index >= 15 is 0 Å². The third-order valence-electron chi connectivity index (χ3n) is 4.45. The molecule has 0 saturated heterocycles. The maximum absolute atomic E-state index is 12.8. The number of aromatic nitrogens is 4. The highest BCUT2D eigenvalue weighted by molar-refractivity contribution is 9.10. The normalized spacial score (nSPS) is 11.1. The molecule has 0 aliphatic heterocycles. The summed E-state index contributed by atoms with van der Waals surface area (Å²) in [5, 5.41) is 2.95. The summed E-state index contributed by atoms with van der Waals surface area (Å²) in [4.78, 5) is 35.3. The molecule has 7 nitrogen and oxygen atoms in total. The van der Waals surface area contributed by atoms with E-state index in [0.717, 1.165) is 22.9 Å². The van der Waals surface area contributed by atoms with Crippen molar-refractivity contribution in [1.29, 1.82) is 0 Å². The third kappa shape index (κ3) is 4.10. The maximum atomic E-state index is 12.8. The quantitative estimate of drug-likeness (QED) is 0.648. The van der Waals surface area contributed by atoms with E-state index in [1.165, 1.54) is 16.3 Å². The van der Waals surface area contributed by atoms with Crippen molar-refractivity contribution in [2.75, 3.05) is 4.90 Å². The Kier molecular flexibility index (Phi) is 5.74. The van der Waals surface area contributed by atoms with E-state index < -0.39 is 0 Å². The van der Waals surface area contributed by atoms with Crippen molar-refractivity contribution >= 4 is 33.6 Å². The summed E-state index contributed by atoms with van der Waals surface area (Å²) >= 11 is 3.40. The molecule has 142 valence electrons. The summed E-state index contributed by atoms with van der Waals surface area (Å²) in [5.74, 6) is 0.407. The Balaban J connectivity index is 2.00. The number of aromatic amines is 1. The minimum Gasteiger partial charge on any atom is -0.277 e. The number of nitrogens with zero attached hydrogens (tertiary/aromatic N) is 4. The number of carbonyl (C=O) groups excluding carboxylic acids is 1. The molecule has 0 aliphatic rings. The Hall–Kier alpha value is -2.48. The first-order valence-electron chi connectivity index (χ1n) is 8.91. The number of unbranched alkanes of at least 4 members (excludes halogenated alkanes) is 1. The number of halogens is 1. The molecule has 8 heteroatoms. The SMILES string of the molecule is CCCCc1c(C)nc2nc(N(Cc3ccc(Br)cc3)C(C)=O)[nH]n2c1=O. The van der Waals surface area contributed by atoms with Crippen molar-refractivity contribution in [2.45, 2.75) is 46.6 Å². The van der Waals surface area contributed by atoms with Crippen LogP contribution >= 0.6 is 15.9 Å². The highest BCUT2D eigenvalue weighted by Crippen LogP contribution is 2.17. The van der Waals surface area contributed by atoms with E-state index in [4.69, 9.17) is 0 Å². The van der Waals surface area contributed by atoms with Gasteiger partial charge in [-0.15, -0.1) is 0 Å². The van der Waals surface area contributed by atoms with Crippen LogP contribution in [0.4, 0.5) is 5.95 Å². The van der Waals surface area contributed by atoms with Crippen LogP contribution in [0.5, 0.6) is 0 Å². The second kappa shape index (κ2) is 8.04. The molecule has 0 spiro atoms. The minimum atomic E-state index is -0.173. The zero-order chi connectivity index (χ0) is 19.6. The lowest BCUT2D eigenvalue weighted by Crippen LogP contribution is -2.29. The molecule has 0 bridgehead atoms. The number of nitrogens with one attached hydrogen (secondary N) is 1. The standard InChI is InChI=1S/C19H22BrN5O2/c1-4-5-6-16-12(2)21-18-22-19(23-25(18)17(16)27)24(13(3)26)11-14-7-9-15(20)10-8-14/h7-10H,4-6,11H2,1-3H3,(H,21,22,23). The lowest BCUT2D eigenvalue weighted by Gasteiger charge is -2.17. The van der Waals surface area contributed by atoms with Gasteiger partial charge in [0.25, 0.3) is 11.3 Å². The lowest BCUT2D eigenvalue weighted by atomic mass is 10.1. The van der Waals surface area contributed by atoms with Gasteiger partial charge in [0.1, 0.15) is 0 Å². The minimum absolute atomic E-state index is 0.156. The van der Waals surface area contributed by atoms with Crippen LogP contribution in [0.25, 0.3) is 5.78 Å². The number of anilines is 1. The average molecular weight is 432 g/mol. The van der Waals surface area contributed by atoms with Gasteiger partial charge in [-0.2, -0.15) is 9.50 Å². The van der Waals surface area contributed by atoms with E-state index in [2.05, 4.69) is 37.9 Å². The first kappa shape index (κ1) is 19.3. The monoisotopic (exact) mass is 431 g/mol. The molecular formula is C19H22BrN5O2. The van der Waals surface area contributed by atoms with E-state index in [9.17, 15) is 9.59 Å². The Morgan fingerprint density at radius 2 is 1.96 bits per heavy atom. The van der Waals surface area contributed by atoms with Crippen LogP contribution in [0.2, 0.25) is 0 Å². The molecule has 0 radical (unpaired) electrons. The molecule has 1 amide bonds. The highest BCUT2D eigenvalue weighted by Gasteiger charge is 2.19. The van der Waals surface area contributed by atoms with Crippen LogP contribution < -0.4 is 10.5 Å². The number of H-pyrrole nitrogens is 1. The van der Waals surface area contributed by atoms with Crippen molar-refractivity contribution in [1.82, 2.24) is 19.6 Å². The fourth-order valence-corrected chi connectivity index (χ4v) is 3.18. The van der Waals surface area contributed by atoms with Crippen LogP contribution in [0.15, 0.2) is 33.5 Å². The van der Waals surface area contributed by atoms with Crippen molar-refractivity contribution < 1.29 is 4.79 Å². The predicted octanol–water partition coefficient (Wildman–Crippen LogP) is 3.38. The molecule has 0 saturated carbocycles. The maximum Gasteiger partial charge on any atom is 0.277 e. The fourth-order valence-electron chi connectivity index (χ4n) is 2.91. The zero-order valence-electron chi connectivity index (χ0n) is 15.6. The molecule has 0 atom stereocenters. The predicted molar refractivity (Wildman–Crippen MR) is 108 cm³/mol. The molecular weight excluding hydrogens is 410 g/mol. The summed E-state index contributed by atoms with van der Waals surface area (Å²) in [6.07, 6.45) is 2.61. The van der Waals surface area contributed by atoms with Crippen LogP contribution in [-0.4, -0.2) is 25.5 Å². The van der Waals surface area contributed by atoms with Crippen LogP contribution in [0.3, 0.4) is 0 Å². The molecule has 0 unspecified atom stereocenters. The molecule has 2 aromatic heterocycles. The number of rotatable bonds is 6. The van der Waals surface area contributed by atoms with Crippen molar-refractivity contribution in [3.8, 4) is 0 Å². The van der Waals surface area contributed by atoms with E-state index in [-0.39, 0.29) is 17.2 Å². The van der Waals surface area contributed by atoms with Crippen molar-refractivity contribution in [3.63, 3.8) is 0 Å². The average Bonchev–Trinajstić information content (AvgIpc) is 3.04. The van der Waals surface area contributed by atoms with E-state index in [1.807, 2.05) is 31.2 Å².